The van der Waals surface area contributed by atoms with Gasteiger partial charge in [0.15, 0.2) is 5.76 Å². The van der Waals surface area contributed by atoms with Crippen LogP contribution in [0.5, 0.6) is 0 Å². The molecule has 3 rings (SSSR count). The summed E-state index contributed by atoms with van der Waals surface area (Å²) in [6.45, 7) is 4.09. The molecule has 0 saturated carbocycles. The van der Waals surface area contributed by atoms with Crippen LogP contribution in [0, 0.1) is 6.92 Å². The number of H-pyrrole nitrogens is 1. The van der Waals surface area contributed by atoms with Gasteiger partial charge in [-0.2, -0.15) is 5.10 Å². The van der Waals surface area contributed by atoms with Gasteiger partial charge in [-0.3, -0.25) is 5.10 Å². The minimum absolute atomic E-state index is 0.554. The summed E-state index contributed by atoms with van der Waals surface area (Å²) in [4.78, 5) is 0. The minimum Gasteiger partial charge on any atom is -0.460 e. The number of furan rings is 1. The van der Waals surface area contributed by atoms with Gasteiger partial charge in [0.25, 0.3) is 0 Å². The molecular weight excluding hydrogens is 294 g/mol. The lowest BCUT2D eigenvalue weighted by molar-refractivity contribution is 0.452. The average molecular weight is 310 g/mol. The number of hydrogen-bond acceptors (Lipinski definition) is 3. The maximum absolute atomic E-state index is 5.63. The van der Waals surface area contributed by atoms with E-state index in [1.54, 1.807) is 0 Å². The largest absolute Gasteiger partial charge is 0.460 e. The Bertz CT molecular complexity index is 540. The third-order valence-corrected chi connectivity index (χ3v) is 4.26. The first-order chi connectivity index (χ1) is 8.75. The number of nitrogens with one attached hydrogen (secondary N) is 2. The lowest BCUT2D eigenvalue weighted by Crippen LogP contribution is -2.26. The molecule has 18 heavy (non-hydrogen) atoms. The maximum atomic E-state index is 5.63. The molecule has 3 heterocycles. The Hall–Kier alpha value is -1.07. The minimum atomic E-state index is 0.554. The van der Waals surface area contributed by atoms with Crippen LogP contribution in [0.4, 0.5) is 0 Å². The van der Waals surface area contributed by atoms with E-state index in [9.17, 15) is 0 Å². The van der Waals surface area contributed by atoms with Gasteiger partial charge in [0.05, 0.1) is 10.2 Å². The van der Waals surface area contributed by atoms with Crippen LogP contribution in [0.2, 0.25) is 0 Å². The molecule has 1 fully saturated rings. The van der Waals surface area contributed by atoms with Gasteiger partial charge in [-0.1, -0.05) is 0 Å². The number of halogens is 1. The lowest BCUT2D eigenvalue weighted by Gasteiger charge is -2.21. The zero-order valence-corrected chi connectivity index (χ0v) is 11.9. The molecule has 0 unspecified atom stereocenters. The molecular formula is C13H16BrN3O. The van der Waals surface area contributed by atoms with Crippen molar-refractivity contribution < 1.29 is 4.42 Å². The highest BCUT2D eigenvalue weighted by molar-refractivity contribution is 9.10. The Labute approximate surface area is 114 Å². The number of aromatic nitrogens is 2. The molecule has 0 atom stereocenters. The van der Waals surface area contributed by atoms with Crippen molar-refractivity contribution in [2.24, 2.45) is 0 Å². The van der Waals surface area contributed by atoms with Crippen molar-refractivity contribution in [1.29, 1.82) is 0 Å². The SMILES string of the molecule is Cc1ccc(-c2n[nH]c(C3CCNCC3)c2Br)o1. The number of piperidine rings is 1. The fraction of sp³-hybridized carbons (Fsp3) is 0.462. The van der Waals surface area contributed by atoms with Gasteiger partial charge < -0.3 is 9.73 Å². The summed E-state index contributed by atoms with van der Waals surface area (Å²) in [5.41, 5.74) is 2.07. The van der Waals surface area contributed by atoms with E-state index in [1.165, 1.54) is 5.69 Å². The zero-order valence-electron chi connectivity index (χ0n) is 10.3. The Morgan fingerprint density at radius 3 is 2.78 bits per heavy atom. The average Bonchev–Trinajstić information content (AvgIpc) is 2.97. The summed E-state index contributed by atoms with van der Waals surface area (Å²) < 4.78 is 6.67. The Balaban J connectivity index is 1.92. The van der Waals surface area contributed by atoms with E-state index in [0.29, 0.717) is 5.92 Å². The van der Waals surface area contributed by atoms with Crippen molar-refractivity contribution in [2.75, 3.05) is 13.1 Å². The van der Waals surface area contributed by atoms with Crippen LogP contribution in [0.3, 0.4) is 0 Å². The van der Waals surface area contributed by atoms with E-state index in [-0.39, 0.29) is 0 Å². The van der Waals surface area contributed by atoms with Crippen LogP contribution in [-0.2, 0) is 0 Å². The molecule has 1 saturated heterocycles. The standard InChI is InChI=1S/C13H16BrN3O/c1-8-2-3-10(18-8)13-11(14)12(16-17-13)9-4-6-15-7-5-9/h2-3,9,15H,4-7H2,1H3,(H,16,17). The number of aromatic amines is 1. The van der Waals surface area contributed by atoms with Crippen molar-refractivity contribution >= 4 is 15.9 Å². The molecule has 1 aliphatic heterocycles. The Morgan fingerprint density at radius 1 is 1.33 bits per heavy atom. The Morgan fingerprint density at radius 2 is 2.11 bits per heavy atom. The van der Waals surface area contributed by atoms with E-state index in [0.717, 1.165) is 47.6 Å². The van der Waals surface area contributed by atoms with E-state index in [1.807, 2.05) is 19.1 Å². The van der Waals surface area contributed by atoms with Crippen LogP contribution in [-0.4, -0.2) is 23.3 Å². The second-order valence-corrected chi connectivity index (χ2v) is 5.53. The predicted molar refractivity (Wildman–Crippen MR) is 73.6 cm³/mol. The van der Waals surface area contributed by atoms with Crippen molar-refractivity contribution in [3.05, 3.63) is 28.1 Å². The molecule has 1 aliphatic rings. The summed E-state index contributed by atoms with van der Waals surface area (Å²) in [5.74, 6) is 2.28. The zero-order chi connectivity index (χ0) is 12.5. The third kappa shape index (κ3) is 2.12. The molecule has 0 aromatic carbocycles. The maximum Gasteiger partial charge on any atom is 0.155 e. The lowest BCUT2D eigenvalue weighted by atomic mass is 9.94. The van der Waals surface area contributed by atoms with Gasteiger partial charge in [-0.25, -0.2) is 0 Å². The first kappa shape index (κ1) is 12.0. The molecule has 4 nitrogen and oxygen atoms in total. The fourth-order valence-electron chi connectivity index (χ4n) is 2.45. The van der Waals surface area contributed by atoms with E-state index in [2.05, 4.69) is 31.4 Å². The highest BCUT2D eigenvalue weighted by Crippen LogP contribution is 2.36. The number of rotatable bonds is 2. The Kier molecular flexibility index (Phi) is 3.26. The smallest absolute Gasteiger partial charge is 0.155 e. The highest BCUT2D eigenvalue weighted by Gasteiger charge is 2.23. The van der Waals surface area contributed by atoms with Gasteiger partial charge >= 0.3 is 0 Å². The summed E-state index contributed by atoms with van der Waals surface area (Å²) in [6, 6.07) is 3.92. The molecule has 2 aromatic rings. The highest BCUT2D eigenvalue weighted by atomic mass is 79.9. The summed E-state index contributed by atoms with van der Waals surface area (Å²) in [6.07, 6.45) is 2.30. The first-order valence-corrected chi connectivity index (χ1v) is 7.06. The monoisotopic (exact) mass is 309 g/mol. The molecule has 0 radical (unpaired) electrons. The molecule has 0 amide bonds. The molecule has 96 valence electrons. The van der Waals surface area contributed by atoms with Crippen LogP contribution in [0.25, 0.3) is 11.5 Å². The van der Waals surface area contributed by atoms with Crippen molar-refractivity contribution in [2.45, 2.75) is 25.7 Å². The second-order valence-electron chi connectivity index (χ2n) is 4.73. The quantitative estimate of drug-likeness (QED) is 0.895. The normalized spacial score (nSPS) is 17.2. The van der Waals surface area contributed by atoms with E-state index < -0.39 is 0 Å². The van der Waals surface area contributed by atoms with Crippen LogP contribution < -0.4 is 5.32 Å². The van der Waals surface area contributed by atoms with Gasteiger partial charge in [0.1, 0.15) is 11.5 Å². The van der Waals surface area contributed by atoms with Crippen molar-refractivity contribution in [3.8, 4) is 11.5 Å². The van der Waals surface area contributed by atoms with Gasteiger partial charge in [0.2, 0.25) is 0 Å². The van der Waals surface area contributed by atoms with Crippen LogP contribution >= 0.6 is 15.9 Å². The van der Waals surface area contributed by atoms with Gasteiger partial charge in [0, 0.05) is 5.92 Å². The van der Waals surface area contributed by atoms with Crippen LogP contribution in [0.1, 0.15) is 30.2 Å². The topological polar surface area (TPSA) is 53.9 Å². The molecule has 2 N–H and O–H groups in total. The molecule has 0 bridgehead atoms. The van der Waals surface area contributed by atoms with Gasteiger partial charge in [-0.15, -0.1) is 0 Å². The molecule has 0 aliphatic carbocycles. The first-order valence-electron chi connectivity index (χ1n) is 6.27. The molecule has 5 heteroatoms. The third-order valence-electron chi connectivity index (χ3n) is 3.45. The van der Waals surface area contributed by atoms with Crippen molar-refractivity contribution in [1.82, 2.24) is 15.5 Å². The number of hydrogen-bond donors (Lipinski definition) is 2. The molecule has 0 spiro atoms. The van der Waals surface area contributed by atoms with E-state index >= 15 is 0 Å². The number of nitrogens with zero attached hydrogens (tertiary/aromatic N) is 1. The second kappa shape index (κ2) is 4.90. The summed E-state index contributed by atoms with van der Waals surface area (Å²) >= 11 is 3.66. The van der Waals surface area contributed by atoms with E-state index in [4.69, 9.17) is 4.42 Å². The molecule has 2 aromatic heterocycles. The summed E-state index contributed by atoms with van der Waals surface area (Å²) in [7, 11) is 0. The van der Waals surface area contributed by atoms with Gasteiger partial charge in [-0.05, 0) is 60.9 Å². The fourth-order valence-corrected chi connectivity index (χ4v) is 3.14. The number of aryl methyl sites for hydroxylation is 1. The predicted octanol–water partition coefficient (Wildman–Crippen LogP) is 3.21. The summed E-state index contributed by atoms with van der Waals surface area (Å²) in [5, 5.41) is 10.9. The van der Waals surface area contributed by atoms with Crippen molar-refractivity contribution in [3.63, 3.8) is 0 Å². The van der Waals surface area contributed by atoms with Crippen LogP contribution in [0.15, 0.2) is 21.0 Å².